The Morgan fingerprint density at radius 2 is 0.750 bits per heavy atom. The lowest BCUT2D eigenvalue weighted by molar-refractivity contribution is 0.948. The van der Waals surface area contributed by atoms with Crippen molar-refractivity contribution in [3.8, 4) is 56.0 Å². The van der Waals surface area contributed by atoms with Gasteiger partial charge in [0.15, 0.2) is 5.82 Å². The third-order valence-corrected chi connectivity index (χ3v) is 16.1. The molecule has 0 saturated heterocycles. The lowest BCUT2D eigenvalue weighted by atomic mass is 9.89. The number of hydrogen-bond acceptors (Lipinski definition) is 4. The third-order valence-electron chi connectivity index (χ3n) is 16.1. The van der Waals surface area contributed by atoms with Gasteiger partial charge in [0.25, 0.3) is 0 Å². The molecule has 0 aliphatic carbocycles. The summed E-state index contributed by atoms with van der Waals surface area (Å²) in [6, 6.07) is 80.3. The van der Waals surface area contributed by atoms with Crippen LogP contribution in [0.1, 0.15) is 0 Å². The van der Waals surface area contributed by atoms with Crippen LogP contribution in [0.4, 0.5) is 0 Å². The van der Waals surface area contributed by atoms with Crippen molar-refractivity contribution in [2.75, 3.05) is 0 Å². The fraction of sp³-hybridized carbons (Fsp3) is 0.0141. The predicted octanol–water partition coefficient (Wildman–Crippen LogP) is 18.5. The van der Waals surface area contributed by atoms with Crippen molar-refractivity contribution in [3.05, 3.63) is 243 Å². The molecule has 0 saturated carbocycles. The van der Waals surface area contributed by atoms with Gasteiger partial charge < -0.3 is 4.57 Å². The molecule has 0 spiro atoms. The minimum absolute atomic E-state index is 0.736. The van der Waals surface area contributed by atoms with Crippen LogP contribution in [0.3, 0.4) is 0 Å². The second kappa shape index (κ2) is 16.5. The summed E-state index contributed by atoms with van der Waals surface area (Å²) in [4.78, 5) is 18.9. The van der Waals surface area contributed by atoms with Crippen LogP contribution < -0.4 is 0 Å². The van der Waals surface area contributed by atoms with Crippen molar-refractivity contribution in [3.63, 3.8) is 0 Å². The zero-order valence-electron chi connectivity index (χ0n) is 41.3. The molecule has 3 heterocycles. The maximum Gasteiger partial charge on any atom is 0.159 e. The van der Waals surface area contributed by atoms with Gasteiger partial charge in [-0.05, 0) is 185 Å². The van der Waals surface area contributed by atoms with E-state index in [0.717, 1.165) is 50.2 Å². The van der Waals surface area contributed by atoms with Crippen molar-refractivity contribution in [1.82, 2.24) is 24.5 Å². The molecule has 5 nitrogen and oxygen atoms in total. The minimum atomic E-state index is 0.736. The van der Waals surface area contributed by atoms with Crippen LogP contribution in [0.2, 0.25) is 0 Å². The van der Waals surface area contributed by atoms with Crippen molar-refractivity contribution in [2.45, 2.75) is 0 Å². The number of aryl methyl sites for hydroxylation is 1. The van der Waals surface area contributed by atoms with Crippen LogP contribution in [-0.4, -0.2) is 24.5 Å². The lowest BCUT2D eigenvalue weighted by Crippen LogP contribution is -1.91. The fourth-order valence-corrected chi connectivity index (χ4v) is 12.4. The highest BCUT2D eigenvalue weighted by molar-refractivity contribution is 6.26. The van der Waals surface area contributed by atoms with Crippen LogP contribution in [0, 0.1) is 0 Å². The number of imidazole rings is 1. The molecule has 0 aliphatic rings. The zero-order chi connectivity index (χ0) is 50.0. The Hall–Kier alpha value is -10.1. The van der Waals surface area contributed by atoms with Gasteiger partial charge in [-0.15, -0.1) is 0 Å². The van der Waals surface area contributed by atoms with Crippen LogP contribution in [0.25, 0.3) is 164 Å². The molecule has 0 N–H and O–H groups in total. The Morgan fingerprint density at radius 1 is 0.303 bits per heavy atom. The van der Waals surface area contributed by atoms with E-state index in [-0.39, 0.29) is 0 Å². The van der Waals surface area contributed by atoms with Crippen LogP contribution >= 0.6 is 0 Å². The van der Waals surface area contributed by atoms with Crippen molar-refractivity contribution < 1.29 is 0 Å². The molecule has 16 aromatic rings. The van der Waals surface area contributed by atoms with E-state index < -0.39 is 0 Å². The van der Waals surface area contributed by atoms with Gasteiger partial charge in [0, 0.05) is 42.3 Å². The smallest absolute Gasteiger partial charge is 0.159 e. The number of pyridine rings is 1. The molecule has 0 fully saturated rings. The van der Waals surface area contributed by atoms with E-state index in [4.69, 9.17) is 4.98 Å². The number of benzene rings is 13. The molecule has 0 radical (unpaired) electrons. The van der Waals surface area contributed by atoms with Crippen LogP contribution in [0.15, 0.2) is 243 Å². The Labute approximate surface area is 436 Å². The summed E-state index contributed by atoms with van der Waals surface area (Å²) in [6.45, 7) is 0. The molecule has 76 heavy (non-hydrogen) atoms. The Bertz CT molecular complexity index is 5120. The summed E-state index contributed by atoms with van der Waals surface area (Å²) in [5, 5.41) is 22.0. The summed E-state index contributed by atoms with van der Waals surface area (Å²) in [5.74, 6) is 0.736. The second-order valence-electron chi connectivity index (χ2n) is 20.3. The molecule has 0 bridgehead atoms. The molecule has 0 amide bonds. The fourth-order valence-electron chi connectivity index (χ4n) is 12.4. The van der Waals surface area contributed by atoms with Crippen molar-refractivity contribution in [2.24, 2.45) is 7.05 Å². The van der Waals surface area contributed by atoms with E-state index in [1.165, 1.54) is 114 Å². The molecular weight excluding hydrogens is 923 g/mol. The second-order valence-corrected chi connectivity index (χ2v) is 20.3. The molecule has 352 valence electrons. The molecule has 16 rings (SSSR count). The first-order valence-corrected chi connectivity index (χ1v) is 25.9. The molecule has 5 heteroatoms. The quantitative estimate of drug-likeness (QED) is 0.161. The minimum Gasteiger partial charge on any atom is -0.334 e. The Morgan fingerprint density at radius 3 is 1.29 bits per heavy atom. The van der Waals surface area contributed by atoms with Crippen LogP contribution in [0.5, 0.6) is 0 Å². The molecule has 0 unspecified atom stereocenters. The van der Waals surface area contributed by atoms with Gasteiger partial charge in [-0.2, -0.15) is 0 Å². The summed E-state index contributed by atoms with van der Waals surface area (Å²) in [6.07, 6.45) is 7.52. The van der Waals surface area contributed by atoms with Gasteiger partial charge >= 0.3 is 0 Å². The Balaban J connectivity index is 0.737. The van der Waals surface area contributed by atoms with E-state index in [2.05, 4.69) is 239 Å². The molecule has 3 aromatic heterocycles. The van der Waals surface area contributed by atoms with Gasteiger partial charge in [-0.25, -0.2) is 15.0 Å². The summed E-state index contributed by atoms with van der Waals surface area (Å²) in [7, 11) is 2.06. The average Bonchev–Trinajstić information content (AvgIpc) is 3.93. The van der Waals surface area contributed by atoms with Gasteiger partial charge in [0.2, 0.25) is 0 Å². The SMILES string of the molecule is Cn1cnc2ccc(-c3cc4ccc5cc(-c6ccc7c(ccc8cc(-c9ccc(-c%10ccc%11c(ccc%12cc(-c%13ncccn%13)c%13ccccc%13c%12%11)c%10)cn9)c9ccccc9c87)c6)ccc5c4c4ccccc34)cc21. The molecule has 0 aliphatic heterocycles. The van der Waals surface area contributed by atoms with E-state index >= 15 is 0 Å². The lowest BCUT2D eigenvalue weighted by Gasteiger charge is -2.15. The zero-order valence-corrected chi connectivity index (χ0v) is 41.3. The Kier molecular flexibility index (Phi) is 9.18. The van der Waals surface area contributed by atoms with E-state index in [1.807, 2.05) is 18.6 Å². The number of nitrogens with zero attached hydrogens (tertiary/aromatic N) is 5. The number of rotatable bonds is 5. The topological polar surface area (TPSA) is 56.5 Å². The van der Waals surface area contributed by atoms with E-state index in [9.17, 15) is 0 Å². The number of aromatic nitrogens is 5. The van der Waals surface area contributed by atoms with E-state index in [1.54, 1.807) is 12.4 Å². The maximum atomic E-state index is 5.16. The largest absolute Gasteiger partial charge is 0.334 e. The van der Waals surface area contributed by atoms with Gasteiger partial charge in [-0.1, -0.05) is 158 Å². The highest BCUT2D eigenvalue weighted by atomic mass is 15.0. The first kappa shape index (κ1) is 42.4. The van der Waals surface area contributed by atoms with Crippen molar-refractivity contribution >= 4 is 108 Å². The van der Waals surface area contributed by atoms with E-state index in [0.29, 0.717) is 0 Å². The van der Waals surface area contributed by atoms with Gasteiger partial charge in [0.05, 0.1) is 23.1 Å². The standard InChI is InChI=1S/C71H43N5/c1-76-41-75-66-30-24-48(39-67(66)76)62-36-49-18-15-45-33-42(21-26-53(45)68(49)59-12-5-2-9-56(59)62)43-22-27-54-46(34-43)16-19-50-37-63(57-10-3-6-13-60(57)69(50)54)65-29-25-52(40-74-65)44-23-28-55-47(35-44)17-20-51-38-64(71-72-31-8-32-73-71)58-11-4-7-14-61(58)70(51)55/h2-41H,1H3. The number of hydrogen-bond donors (Lipinski definition) is 0. The monoisotopic (exact) mass is 965 g/mol. The first-order valence-electron chi connectivity index (χ1n) is 25.9. The highest BCUT2D eigenvalue weighted by Gasteiger charge is 2.18. The summed E-state index contributed by atoms with van der Waals surface area (Å²) >= 11 is 0. The average molecular weight is 966 g/mol. The molecular formula is C71H43N5. The van der Waals surface area contributed by atoms with Crippen molar-refractivity contribution in [1.29, 1.82) is 0 Å². The summed E-state index contributed by atoms with van der Waals surface area (Å²) < 4.78 is 2.09. The predicted molar refractivity (Wildman–Crippen MR) is 319 cm³/mol. The molecule has 13 aromatic carbocycles. The third kappa shape index (κ3) is 6.52. The normalized spacial score (nSPS) is 12.0. The first-order chi connectivity index (χ1) is 37.6. The van der Waals surface area contributed by atoms with Gasteiger partial charge in [0.1, 0.15) is 0 Å². The highest BCUT2D eigenvalue weighted by Crippen LogP contribution is 2.43. The number of fused-ring (bicyclic) bond motifs is 16. The summed E-state index contributed by atoms with van der Waals surface area (Å²) in [5.41, 5.74) is 12.3. The van der Waals surface area contributed by atoms with Crippen LogP contribution in [-0.2, 0) is 7.05 Å². The maximum absolute atomic E-state index is 5.16. The molecule has 0 atom stereocenters. The van der Waals surface area contributed by atoms with Gasteiger partial charge in [-0.3, -0.25) is 4.98 Å².